The summed E-state index contributed by atoms with van der Waals surface area (Å²) in [7, 11) is 4.01. The molecule has 0 radical (unpaired) electrons. The Kier molecular flexibility index (Phi) is 5.83. The maximum atomic E-state index is 13.1. The molecular formula is C25H29N7OS. The number of benzene rings is 1. The fraction of sp³-hybridized carbons (Fsp3) is 0.360. The Morgan fingerprint density at radius 3 is 2.85 bits per heavy atom. The molecule has 1 aromatic carbocycles. The van der Waals surface area contributed by atoms with Crippen LogP contribution in [0.25, 0.3) is 26.8 Å². The molecule has 0 fully saturated rings. The summed E-state index contributed by atoms with van der Waals surface area (Å²) in [5.74, 6) is 0.957. The van der Waals surface area contributed by atoms with E-state index in [1.807, 2.05) is 50.5 Å². The van der Waals surface area contributed by atoms with Crippen molar-refractivity contribution in [2.45, 2.75) is 20.3 Å². The van der Waals surface area contributed by atoms with Crippen molar-refractivity contribution in [3.8, 4) is 0 Å². The standard InChI is InChI=1S/C25H29N7OS/c1-25(2,13-31(3)4)24(33)32-9-7-16(8-10-32)20-12-18-22(26-14-27-23(18)30-20)29-17-5-6-19-21(11-17)34-15-28-19/h5-7,11-12,14-15H,8-10,13H2,1-4H3,(H2,26,27,29,30). The number of carbonyl (C=O) groups is 1. The van der Waals surface area contributed by atoms with Crippen molar-refractivity contribution >= 4 is 55.6 Å². The molecule has 176 valence electrons. The summed E-state index contributed by atoms with van der Waals surface area (Å²) in [5, 5.41) is 4.37. The lowest BCUT2D eigenvalue weighted by molar-refractivity contribution is -0.140. The zero-order valence-corrected chi connectivity index (χ0v) is 20.7. The van der Waals surface area contributed by atoms with Crippen LogP contribution in [0.5, 0.6) is 0 Å². The molecular weight excluding hydrogens is 446 g/mol. The van der Waals surface area contributed by atoms with Gasteiger partial charge in [0.05, 0.1) is 26.5 Å². The van der Waals surface area contributed by atoms with Gasteiger partial charge in [0.25, 0.3) is 0 Å². The Morgan fingerprint density at radius 1 is 1.24 bits per heavy atom. The molecule has 0 atom stereocenters. The van der Waals surface area contributed by atoms with Gasteiger partial charge in [0, 0.05) is 31.0 Å². The minimum absolute atomic E-state index is 0.198. The highest BCUT2D eigenvalue weighted by Gasteiger charge is 2.33. The zero-order chi connectivity index (χ0) is 23.9. The van der Waals surface area contributed by atoms with Crippen LogP contribution in [-0.2, 0) is 4.79 Å². The van der Waals surface area contributed by atoms with Crippen LogP contribution >= 0.6 is 11.3 Å². The van der Waals surface area contributed by atoms with Crippen molar-refractivity contribution < 1.29 is 4.79 Å². The number of fused-ring (bicyclic) bond motifs is 2. The largest absolute Gasteiger partial charge is 0.340 e. The van der Waals surface area contributed by atoms with E-state index in [2.05, 4.69) is 48.4 Å². The van der Waals surface area contributed by atoms with E-state index in [0.29, 0.717) is 13.1 Å². The van der Waals surface area contributed by atoms with Crippen LogP contribution in [0.2, 0.25) is 0 Å². The minimum atomic E-state index is -0.408. The molecule has 9 heteroatoms. The summed E-state index contributed by atoms with van der Waals surface area (Å²) in [4.78, 5) is 33.8. The molecule has 0 saturated heterocycles. The number of H-pyrrole nitrogens is 1. The van der Waals surface area contributed by atoms with E-state index in [0.717, 1.165) is 51.4 Å². The van der Waals surface area contributed by atoms with Gasteiger partial charge < -0.3 is 20.1 Å². The molecule has 0 unspecified atom stereocenters. The van der Waals surface area contributed by atoms with Crippen LogP contribution in [0.1, 0.15) is 26.0 Å². The van der Waals surface area contributed by atoms with Gasteiger partial charge >= 0.3 is 0 Å². The Morgan fingerprint density at radius 2 is 2.09 bits per heavy atom. The molecule has 0 aliphatic carbocycles. The SMILES string of the molecule is CN(C)CC(C)(C)C(=O)N1CC=C(c2cc3c(Nc4ccc5ncsc5c4)ncnc3[nH]2)CC1. The third-order valence-corrected chi connectivity index (χ3v) is 6.94. The van der Waals surface area contributed by atoms with Crippen molar-refractivity contribution in [1.29, 1.82) is 0 Å². The van der Waals surface area contributed by atoms with Crippen molar-refractivity contribution in [3.63, 3.8) is 0 Å². The highest BCUT2D eigenvalue weighted by molar-refractivity contribution is 7.16. The second-order valence-electron chi connectivity index (χ2n) is 9.68. The van der Waals surface area contributed by atoms with E-state index in [1.165, 1.54) is 5.57 Å². The summed E-state index contributed by atoms with van der Waals surface area (Å²) in [5.41, 5.74) is 6.42. The van der Waals surface area contributed by atoms with Gasteiger partial charge in [-0.15, -0.1) is 11.3 Å². The third kappa shape index (κ3) is 4.41. The van der Waals surface area contributed by atoms with Gasteiger partial charge in [0.15, 0.2) is 0 Å². The average molecular weight is 476 g/mol. The lowest BCUT2D eigenvalue weighted by Crippen LogP contribution is -2.47. The van der Waals surface area contributed by atoms with E-state index in [1.54, 1.807) is 17.7 Å². The van der Waals surface area contributed by atoms with Gasteiger partial charge in [0.2, 0.25) is 5.91 Å². The minimum Gasteiger partial charge on any atom is -0.340 e. The van der Waals surface area contributed by atoms with Gasteiger partial charge in [-0.3, -0.25) is 4.79 Å². The Bertz CT molecular complexity index is 1380. The van der Waals surface area contributed by atoms with E-state index in [4.69, 9.17) is 0 Å². The van der Waals surface area contributed by atoms with Gasteiger partial charge in [-0.25, -0.2) is 15.0 Å². The Labute approximate surface area is 202 Å². The Balaban J connectivity index is 1.35. The highest BCUT2D eigenvalue weighted by atomic mass is 32.1. The maximum absolute atomic E-state index is 13.1. The molecule has 4 aromatic rings. The number of carbonyl (C=O) groups excluding carboxylic acids is 1. The number of aromatic amines is 1. The molecule has 1 aliphatic rings. The van der Waals surface area contributed by atoms with Crippen molar-refractivity contribution in [1.82, 2.24) is 29.7 Å². The molecule has 4 heterocycles. The lowest BCUT2D eigenvalue weighted by Gasteiger charge is -2.35. The van der Waals surface area contributed by atoms with E-state index in [-0.39, 0.29) is 5.91 Å². The first-order chi connectivity index (χ1) is 16.3. The summed E-state index contributed by atoms with van der Waals surface area (Å²) >= 11 is 1.62. The number of hydrogen-bond acceptors (Lipinski definition) is 7. The van der Waals surface area contributed by atoms with Crippen molar-refractivity contribution in [2.75, 3.05) is 39.0 Å². The first-order valence-electron chi connectivity index (χ1n) is 11.4. The monoisotopic (exact) mass is 475 g/mol. The van der Waals surface area contributed by atoms with E-state index in [9.17, 15) is 4.79 Å². The summed E-state index contributed by atoms with van der Waals surface area (Å²) in [6, 6.07) is 8.20. The molecule has 8 nitrogen and oxygen atoms in total. The van der Waals surface area contributed by atoms with Crippen LogP contribution in [0, 0.1) is 5.41 Å². The molecule has 0 bridgehead atoms. The molecule has 3 aromatic heterocycles. The molecule has 2 N–H and O–H groups in total. The predicted molar refractivity (Wildman–Crippen MR) is 138 cm³/mol. The van der Waals surface area contributed by atoms with Crippen molar-refractivity contribution in [3.05, 3.63) is 47.9 Å². The van der Waals surface area contributed by atoms with E-state index >= 15 is 0 Å². The number of amides is 1. The first-order valence-corrected chi connectivity index (χ1v) is 12.3. The maximum Gasteiger partial charge on any atom is 0.229 e. The molecule has 0 spiro atoms. The molecule has 5 rings (SSSR count). The van der Waals surface area contributed by atoms with Gasteiger partial charge in [-0.2, -0.15) is 0 Å². The number of aromatic nitrogens is 4. The van der Waals surface area contributed by atoms with Crippen molar-refractivity contribution in [2.24, 2.45) is 5.41 Å². The van der Waals surface area contributed by atoms with Crippen LogP contribution in [0.4, 0.5) is 11.5 Å². The van der Waals surface area contributed by atoms with Gasteiger partial charge in [-0.05, 0) is 64.2 Å². The highest BCUT2D eigenvalue weighted by Crippen LogP contribution is 2.31. The quantitative estimate of drug-likeness (QED) is 0.426. The topological polar surface area (TPSA) is 90.0 Å². The number of nitrogens with zero attached hydrogens (tertiary/aromatic N) is 5. The molecule has 1 aliphatic heterocycles. The average Bonchev–Trinajstić information content (AvgIpc) is 3.45. The van der Waals surface area contributed by atoms with Crippen LogP contribution in [0.15, 0.2) is 42.2 Å². The Hall–Kier alpha value is -3.30. The molecule has 1 amide bonds. The summed E-state index contributed by atoms with van der Waals surface area (Å²) in [6.07, 6.45) is 4.52. The summed E-state index contributed by atoms with van der Waals surface area (Å²) < 4.78 is 1.13. The molecule has 0 saturated carbocycles. The molecule has 34 heavy (non-hydrogen) atoms. The number of nitrogens with one attached hydrogen (secondary N) is 2. The van der Waals surface area contributed by atoms with Gasteiger partial charge in [-0.1, -0.05) is 6.08 Å². The predicted octanol–water partition coefficient (Wildman–Crippen LogP) is 4.51. The third-order valence-electron chi connectivity index (χ3n) is 6.15. The van der Waals surface area contributed by atoms with E-state index < -0.39 is 5.41 Å². The number of rotatable bonds is 6. The number of hydrogen-bond donors (Lipinski definition) is 2. The van der Waals surface area contributed by atoms with Gasteiger partial charge in [0.1, 0.15) is 17.8 Å². The second-order valence-corrected chi connectivity index (χ2v) is 10.6. The second kappa shape index (κ2) is 8.81. The fourth-order valence-electron chi connectivity index (χ4n) is 4.67. The smallest absolute Gasteiger partial charge is 0.229 e. The first kappa shape index (κ1) is 22.5. The summed E-state index contributed by atoms with van der Waals surface area (Å²) in [6.45, 7) is 6.10. The normalized spacial score (nSPS) is 14.7. The number of anilines is 2. The lowest BCUT2D eigenvalue weighted by atomic mass is 9.90. The fourth-order valence-corrected chi connectivity index (χ4v) is 5.38. The number of thiazole rings is 1. The van der Waals surface area contributed by atoms with Crippen LogP contribution in [0.3, 0.4) is 0 Å². The van der Waals surface area contributed by atoms with Crippen LogP contribution < -0.4 is 5.32 Å². The zero-order valence-electron chi connectivity index (χ0n) is 19.9. The van der Waals surface area contributed by atoms with Crippen LogP contribution in [-0.4, -0.2) is 69.4 Å².